The number of unbranched alkanes of at least 4 members (excludes halogenated alkanes) is 1. The third-order valence-electron chi connectivity index (χ3n) is 6.70. The minimum Gasteiger partial charge on any atom is -0.493 e. The Balaban J connectivity index is 1.54. The first-order valence-corrected chi connectivity index (χ1v) is 12.3. The minimum absolute atomic E-state index is 0.278. The molecule has 5 rings (SSSR count). The number of nitrogens with zero attached hydrogens (tertiary/aromatic N) is 2. The summed E-state index contributed by atoms with van der Waals surface area (Å²) in [6.07, 6.45) is 1.05. The maximum absolute atomic E-state index is 13.8. The zero-order chi connectivity index (χ0) is 25.2. The lowest BCUT2D eigenvalue weighted by Gasteiger charge is -2.29. The lowest BCUT2D eigenvalue weighted by Crippen LogP contribution is -2.37. The van der Waals surface area contributed by atoms with Crippen LogP contribution in [0.15, 0.2) is 72.8 Å². The number of rotatable bonds is 8. The van der Waals surface area contributed by atoms with E-state index in [0.29, 0.717) is 23.8 Å². The van der Waals surface area contributed by atoms with Crippen LogP contribution in [-0.4, -0.2) is 31.6 Å². The summed E-state index contributed by atoms with van der Waals surface area (Å²) in [6, 6.07) is 22.0. The molecule has 2 fully saturated rings. The summed E-state index contributed by atoms with van der Waals surface area (Å²) in [5, 5.41) is 1.68. The minimum atomic E-state index is -0.921. The van der Waals surface area contributed by atoms with Crippen molar-refractivity contribution in [3.63, 3.8) is 0 Å². The van der Waals surface area contributed by atoms with E-state index in [2.05, 4.69) is 6.92 Å². The van der Waals surface area contributed by atoms with Crippen LogP contribution < -0.4 is 19.4 Å². The molecular weight excluding hydrogens is 456 g/mol. The van der Waals surface area contributed by atoms with E-state index >= 15 is 0 Å². The lowest BCUT2D eigenvalue weighted by molar-refractivity contribution is -0.126. The van der Waals surface area contributed by atoms with Crippen molar-refractivity contribution in [2.24, 2.45) is 5.92 Å². The summed E-state index contributed by atoms with van der Waals surface area (Å²) in [5.74, 6) is -0.127. The molecule has 186 valence electrons. The van der Waals surface area contributed by atoms with Crippen molar-refractivity contribution in [3.8, 4) is 11.5 Å². The molecule has 0 aliphatic carbocycles. The van der Waals surface area contributed by atoms with Crippen LogP contribution in [0.25, 0.3) is 0 Å². The predicted octanol–water partition coefficient (Wildman–Crippen LogP) is 5.23. The Morgan fingerprint density at radius 2 is 1.64 bits per heavy atom. The first-order chi connectivity index (χ1) is 17.5. The van der Waals surface area contributed by atoms with E-state index < -0.39 is 18.1 Å². The van der Waals surface area contributed by atoms with Crippen molar-refractivity contribution >= 4 is 23.2 Å². The normalized spacial score (nSPS) is 21.1. The highest BCUT2D eigenvalue weighted by Crippen LogP contribution is 2.48. The Morgan fingerprint density at radius 3 is 2.33 bits per heavy atom. The van der Waals surface area contributed by atoms with Crippen LogP contribution in [0.3, 0.4) is 0 Å². The SMILES string of the molecule is CCCCOc1ccc([C@@H]2[C@H]3C(=O)N(c4ccc(C)cc4)C(=O)[C@@H]3ON2c2ccccc2)cc1OC. The molecule has 2 aliphatic heterocycles. The van der Waals surface area contributed by atoms with E-state index in [-0.39, 0.29) is 11.8 Å². The molecule has 2 heterocycles. The van der Waals surface area contributed by atoms with Gasteiger partial charge in [0.2, 0.25) is 5.91 Å². The Hall–Kier alpha value is -3.84. The number of aryl methyl sites for hydroxylation is 1. The zero-order valence-electron chi connectivity index (χ0n) is 20.7. The Kier molecular flexibility index (Phi) is 6.65. The van der Waals surface area contributed by atoms with Gasteiger partial charge in [-0.1, -0.05) is 55.3 Å². The number of hydroxylamine groups is 1. The summed E-state index contributed by atoms with van der Waals surface area (Å²) < 4.78 is 11.5. The molecule has 0 bridgehead atoms. The van der Waals surface area contributed by atoms with Crippen molar-refractivity contribution in [2.45, 2.75) is 38.8 Å². The van der Waals surface area contributed by atoms with Crippen molar-refractivity contribution in [1.82, 2.24) is 0 Å². The number of hydrogen-bond acceptors (Lipinski definition) is 6. The third kappa shape index (κ3) is 4.20. The quantitative estimate of drug-likeness (QED) is 0.321. The van der Waals surface area contributed by atoms with Crippen LogP contribution in [0.2, 0.25) is 0 Å². The fourth-order valence-corrected chi connectivity index (χ4v) is 4.81. The molecule has 3 atom stereocenters. The number of carbonyl (C=O) groups excluding carboxylic acids is 2. The second-order valence-electron chi connectivity index (χ2n) is 9.12. The van der Waals surface area contributed by atoms with Crippen LogP contribution in [0, 0.1) is 12.8 Å². The van der Waals surface area contributed by atoms with Crippen molar-refractivity contribution in [2.75, 3.05) is 23.7 Å². The highest BCUT2D eigenvalue weighted by atomic mass is 16.7. The van der Waals surface area contributed by atoms with Gasteiger partial charge in [0, 0.05) is 0 Å². The molecule has 0 aromatic heterocycles. The number of methoxy groups -OCH3 is 1. The number of carbonyl (C=O) groups is 2. The smallest absolute Gasteiger partial charge is 0.266 e. The van der Waals surface area contributed by atoms with Gasteiger partial charge in [-0.05, 0) is 55.3 Å². The van der Waals surface area contributed by atoms with E-state index in [1.807, 2.05) is 67.6 Å². The summed E-state index contributed by atoms with van der Waals surface area (Å²) in [5.41, 5.74) is 3.17. The number of ether oxygens (including phenoxy) is 2. The zero-order valence-corrected chi connectivity index (χ0v) is 20.7. The first kappa shape index (κ1) is 23.9. The van der Waals surface area contributed by atoms with Crippen molar-refractivity contribution < 1.29 is 23.9 Å². The molecule has 3 aromatic rings. The number of benzene rings is 3. The maximum Gasteiger partial charge on any atom is 0.266 e. The van der Waals surface area contributed by atoms with Crippen LogP contribution in [0.4, 0.5) is 11.4 Å². The van der Waals surface area contributed by atoms with E-state index in [0.717, 1.165) is 29.7 Å². The fraction of sp³-hybridized carbons (Fsp3) is 0.310. The van der Waals surface area contributed by atoms with Gasteiger partial charge < -0.3 is 9.47 Å². The van der Waals surface area contributed by atoms with E-state index in [9.17, 15) is 9.59 Å². The second kappa shape index (κ2) is 10.0. The van der Waals surface area contributed by atoms with Crippen LogP contribution in [0.1, 0.15) is 36.9 Å². The largest absolute Gasteiger partial charge is 0.493 e. The molecule has 0 saturated carbocycles. The van der Waals surface area contributed by atoms with Crippen LogP contribution in [-0.2, 0) is 14.4 Å². The van der Waals surface area contributed by atoms with Gasteiger partial charge in [-0.3, -0.25) is 14.4 Å². The first-order valence-electron chi connectivity index (χ1n) is 12.3. The molecule has 2 amide bonds. The van der Waals surface area contributed by atoms with Gasteiger partial charge in [-0.15, -0.1) is 0 Å². The monoisotopic (exact) mass is 486 g/mol. The summed E-state index contributed by atoms with van der Waals surface area (Å²) in [6.45, 7) is 4.67. The number of hydrogen-bond donors (Lipinski definition) is 0. The summed E-state index contributed by atoms with van der Waals surface area (Å²) >= 11 is 0. The Bertz CT molecular complexity index is 1240. The molecule has 0 unspecified atom stereocenters. The highest BCUT2D eigenvalue weighted by molar-refractivity contribution is 6.23. The molecule has 7 nitrogen and oxygen atoms in total. The third-order valence-corrected chi connectivity index (χ3v) is 6.70. The molecule has 7 heteroatoms. The average Bonchev–Trinajstić information content (AvgIpc) is 3.41. The van der Waals surface area contributed by atoms with Gasteiger partial charge in [0.05, 0.1) is 31.1 Å². The molecule has 0 N–H and O–H groups in total. The van der Waals surface area contributed by atoms with E-state index in [4.69, 9.17) is 14.3 Å². The summed E-state index contributed by atoms with van der Waals surface area (Å²) in [4.78, 5) is 34.7. The molecule has 2 saturated heterocycles. The molecule has 0 spiro atoms. The lowest BCUT2D eigenvalue weighted by atomic mass is 9.90. The van der Waals surface area contributed by atoms with Gasteiger partial charge in [-0.2, -0.15) is 0 Å². The van der Waals surface area contributed by atoms with E-state index in [1.54, 1.807) is 24.3 Å². The molecular formula is C29H30N2O5. The van der Waals surface area contributed by atoms with Crippen molar-refractivity contribution in [1.29, 1.82) is 0 Å². The maximum atomic E-state index is 13.8. The molecule has 2 aliphatic rings. The van der Waals surface area contributed by atoms with Crippen LogP contribution in [0.5, 0.6) is 11.5 Å². The van der Waals surface area contributed by atoms with Gasteiger partial charge >= 0.3 is 0 Å². The molecule has 36 heavy (non-hydrogen) atoms. The number of para-hydroxylation sites is 1. The number of anilines is 2. The topological polar surface area (TPSA) is 68.3 Å². The fourth-order valence-electron chi connectivity index (χ4n) is 4.81. The average molecular weight is 487 g/mol. The van der Waals surface area contributed by atoms with E-state index in [1.165, 1.54) is 4.90 Å². The van der Waals surface area contributed by atoms with Gasteiger partial charge in [-0.25, -0.2) is 9.96 Å². The van der Waals surface area contributed by atoms with Gasteiger partial charge in [0.1, 0.15) is 5.92 Å². The standard InChI is InChI=1S/C29H30N2O5/c1-4-5-17-35-23-16-13-20(18-24(23)34-3)26-25-27(36-31(26)22-9-7-6-8-10-22)29(33)30(28(25)32)21-14-11-19(2)12-15-21/h6-16,18,25-27H,4-5,17H2,1-3H3/t25-,26-,27-/m1/s1. The number of imide groups is 1. The summed E-state index contributed by atoms with van der Waals surface area (Å²) in [7, 11) is 1.60. The van der Waals surface area contributed by atoms with Crippen molar-refractivity contribution in [3.05, 3.63) is 83.9 Å². The van der Waals surface area contributed by atoms with Gasteiger partial charge in [0.25, 0.3) is 5.91 Å². The number of fused-ring (bicyclic) bond motifs is 1. The predicted molar refractivity (Wildman–Crippen MR) is 137 cm³/mol. The van der Waals surface area contributed by atoms with Crippen LogP contribution >= 0.6 is 0 Å². The Labute approximate surface area is 211 Å². The second-order valence-corrected chi connectivity index (χ2v) is 9.12. The highest BCUT2D eigenvalue weighted by Gasteiger charge is 2.60. The molecule has 3 aromatic carbocycles. The Morgan fingerprint density at radius 1 is 0.889 bits per heavy atom. The number of amides is 2. The van der Waals surface area contributed by atoms with Gasteiger partial charge in [0.15, 0.2) is 17.6 Å². The molecule has 0 radical (unpaired) electrons.